The fourth-order valence-corrected chi connectivity index (χ4v) is 7.55. The van der Waals surface area contributed by atoms with Gasteiger partial charge in [0.2, 0.25) is 0 Å². The van der Waals surface area contributed by atoms with Gasteiger partial charge in [-0.2, -0.15) is 0 Å². The highest BCUT2D eigenvalue weighted by molar-refractivity contribution is 5.87. The number of aromatic nitrogens is 4. The minimum absolute atomic E-state index is 0.620. The van der Waals surface area contributed by atoms with Crippen LogP contribution in [0, 0.1) is 6.92 Å². The summed E-state index contributed by atoms with van der Waals surface area (Å²) in [5.41, 5.74) is 16.2. The Balaban J connectivity index is 0.994. The van der Waals surface area contributed by atoms with Crippen molar-refractivity contribution in [3.8, 4) is 89.9 Å². The molecule has 2 aromatic heterocycles. The molecule has 0 aliphatic rings. The van der Waals surface area contributed by atoms with Gasteiger partial charge in [0.25, 0.3) is 0 Å². The van der Waals surface area contributed by atoms with E-state index in [0.717, 1.165) is 72.2 Å². The van der Waals surface area contributed by atoms with Crippen LogP contribution in [-0.2, 0) is 0 Å². The Kier molecular flexibility index (Phi) is 9.41. The molecule has 2 heterocycles. The second-order valence-corrected chi connectivity index (χ2v) is 14.8. The number of rotatable bonds is 8. The molecule has 4 heteroatoms. The molecule has 0 amide bonds. The fraction of sp³-hybridized carbons (Fsp3) is 0.0182. The van der Waals surface area contributed by atoms with Crippen molar-refractivity contribution in [1.29, 1.82) is 0 Å². The summed E-state index contributed by atoms with van der Waals surface area (Å²) in [5, 5.41) is 1.11. The molecule has 0 bridgehead atoms. The van der Waals surface area contributed by atoms with E-state index < -0.39 is 0 Å². The number of aryl methyl sites for hydroxylation is 1. The maximum Gasteiger partial charge on any atom is 0.164 e. The molecule has 0 aliphatic carbocycles. The molecule has 59 heavy (non-hydrogen) atoms. The fourth-order valence-electron chi connectivity index (χ4n) is 7.55. The summed E-state index contributed by atoms with van der Waals surface area (Å²) in [6.07, 6.45) is 0. The zero-order valence-corrected chi connectivity index (χ0v) is 32.5. The highest BCUT2D eigenvalue weighted by atomic mass is 15.0. The molecule has 278 valence electrons. The summed E-state index contributed by atoms with van der Waals surface area (Å²) in [6, 6.07) is 74.2. The van der Waals surface area contributed by atoms with Crippen LogP contribution in [0.1, 0.15) is 5.56 Å². The molecule has 8 aromatic carbocycles. The smallest absolute Gasteiger partial charge is 0.164 e. The average molecular weight is 755 g/mol. The lowest BCUT2D eigenvalue weighted by Gasteiger charge is -2.11. The molecule has 0 saturated heterocycles. The van der Waals surface area contributed by atoms with Gasteiger partial charge in [-0.3, -0.25) is 0 Å². The standard InChI is InChI=1S/C55H38N4/c1-37-18-20-42(21-19-37)51-33-31-49-35-48(30-32-52(49)56-51)46-15-8-14-45(34-46)47-16-9-17-50(36-47)55-58-53(43-26-22-40(23-27-43)38-10-4-2-5-11-38)57-54(59-55)44-28-24-41(25-29-44)39-12-6-3-7-13-39/h2-36H,1H3. The highest BCUT2D eigenvalue weighted by Gasteiger charge is 2.14. The quantitative estimate of drug-likeness (QED) is 0.155. The summed E-state index contributed by atoms with van der Waals surface area (Å²) in [5.74, 6) is 1.87. The SMILES string of the molecule is Cc1ccc(-c2ccc3cc(-c4cccc(-c5cccc(-c6nc(-c7ccc(-c8ccccc8)cc7)nc(-c7ccc(-c8ccccc8)cc7)n6)c5)c4)ccc3n2)cc1. The van der Waals surface area contributed by atoms with Gasteiger partial charge in [0, 0.05) is 27.6 Å². The normalized spacial score (nSPS) is 11.1. The van der Waals surface area contributed by atoms with Crippen molar-refractivity contribution in [3.05, 3.63) is 218 Å². The van der Waals surface area contributed by atoms with E-state index in [2.05, 4.69) is 207 Å². The minimum Gasteiger partial charge on any atom is -0.248 e. The molecule has 0 saturated carbocycles. The Morgan fingerprint density at radius 2 is 0.644 bits per heavy atom. The van der Waals surface area contributed by atoms with E-state index in [4.69, 9.17) is 19.9 Å². The second kappa shape index (κ2) is 15.6. The molecule has 0 spiro atoms. The van der Waals surface area contributed by atoms with Crippen LogP contribution in [0.3, 0.4) is 0 Å². The van der Waals surface area contributed by atoms with Crippen LogP contribution < -0.4 is 0 Å². The minimum atomic E-state index is 0.620. The third-order valence-corrected chi connectivity index (χ3v) is 10.8. The van der Waals surface area contributed by atoms with Gasteiger partial charge < -0.3 is 0 Å². The van der Waals surface area contributed by atoms with Crippen LogP contribution in [0.4, 0.5) is 0 Å². The van der Waals surface area contributed by atoms with Gasteiger partial charge in [0.1, 0.15) is 0 Å². The van der Waals surface area contributed by atoms with Crippen molar-refractivity contribution < 1.29 is 0 Å². The lowest BCUT2D eigenvalue weighted by molar-refractivity contribution is 1.07. The maximum absolute atomic E-state index is 5.10. The average Bonchev–Trinajstić information content (AvgIpc) is 3.32. The van der Waals surface area contributed by atoms with Crippen molar-refractivity contribution in [2.75, 3.05) is 0 Å². The van der Waals surface area contributed by atoms with Crippen molar-refractivity contribution in [3.63, 3.8) is 0 Å². The Hall–Kier alpha value is -7.82. The summed E-state index contributed by atoms with van der Waals surface area (Å²) < 4.78 is 0. The third kappa shape index (κ3) is 7.55. The summed E-state index contributed by atoms with van der Waals surface area (Å²) in [4.78, 5) is 20.2. The number of nitrogens with zero attached hydrogens (tertiary/aromatic N) is 4. The zero-order chi connectivity index (χ0) is 39.5. The number of benzene rings is 8. The van der Waals surface area contributed by atoms with Crippen LogP contribution in [0.5, 0.6) is 0 Å². The number of hydrogen-bond acceptors (Lipinski definition) is 4. The lowest BCUT2D eigenvalue weighted by Crippen LogP contribution is -2.00. The Labute approximate surface area is 344 Å². The molecule has 4 nitrogen and oxygen atoms in total. The second-order valence-electron chi connectivity index (χ2n) is 14.8. The number of fused-ring (bicyclic) bond motifs is 1. The molecule has 0 fully saturated rings. The van der Waals surface area contributed by atoms with Gasteiger partial charge in [-0.15, -0.1) is 0 Å². The molecule has 0 N–H and O–H groups in total. The predicted molar refractivity (Wildman–Crippen MR) is 243 cm³/mol. The van der Waals surface area contributed by atoms with Crippen molar-refractivity contribution in [2.24, 2.45) is 0 Å². The van der Waals surface area contributed by atoms with E-state index in [1.807, 2.05) is 12.1 Å². The molecule has 0 aliphatic heterocycles. The first-order valence-electron chi connectivity index (χ1n) is 19.9. The van der Waals surface area contributed by atoms with E-state index in [1.54, 1.807) is 0 Å². The van der Waals surface area contributed by atoms with Crippen molar-refractivity contribution >= 4 is 10.9 Å². The van der Waals surface area contributed by atoms with E-state index in [0.29, 0.717) is 17.5 Å². The van der Waals surface area contributed by atoms with Gasteiger partial charge in [-0.05, 0) is 81.8 Å². The maximum atomic E-state index is 5.10. The lowest BCUT2D eigenvalue weighted by atomic mass is 9.97. The van der Waals surface area contributed by atoms with E-state index in [-0.39, 0.29) is 0 Å². The summed E-state index contributed by atoms with van der Waals surface area (Å²) in [6.45, 7) is 2.10. The molecule has 10 aromatic rings. The van der Waals surface area contributed by atoms with Gasteiger partial charge in [-0.25, -0.2) is 19.9 Å². The van der Waals surface area contributed by atoms with Crippen LogP contribution in [0.2, 0.25) is 0 Å². The Morgan fingerprint density at radius 1 is 0.254 bits per heavy atom. The van der Waals surface area contributed by atoms with Crippen LogP contribution in [-0.4, -0.2) is 19.9 Å². The summed E-state index contributed by atoms with van der Waals surface area (Å²) >= 11 is 0. The number of hydrogen-bond donors (Lipinski definition) is 0. The Bertz CT molecular complexity index is 2970. The first kappa shape index (κ1) is 35.6. The summed E-state index contributed by atoms with van der Waals surface area (Å²) in [7, 11) is 0. The highest BCUT2D eigenvalue weighted by Crippen LogP contribution is 2.33. The largest absolute Gasteiger partial charge is 0.248 e. The molecule has 10 rings (SSSR count). The van der Waals surface area contributed by atoms with E-state index >= 15 is 0 Å². The molecule has 0 radical (unpaired) electrons. The van der Waals surface area contributed by atoms with Crippen LogP contribution >= 0.6 is 0 Å². The van der Waals surface area contributed by atoms with Gasteiger partial charge in [0.05, 0.1) is 11.2 Å². The van der Waals surface area contributed by atoms with E-state index in [9.17, 15) is 0 Å². The van der Waals surface area contributed by atoms with Crippen LogP contribution in [0.15, 0.2) is 212 Å². The monoisotopic (exact) mass is 754 g/mol. The third-order valence-electron chi connectivity index (χ3n) is 10.8. The first-order chi connectivity index (χ1) is 29.1. The predicted octanol–water partition coefficient (Wildman–Crippen LogP) is 14.1. The van der Waals surface area contributed by atoms with Crippen molar-refractivity contribution in [1.82, 2.24) is 19.9 Å². The van der Waals surface area contributed by atoms with Gasteiger partial charge in [0.15, 0.2) is 17.5 Å². The molecule has 0 unspecified atom stereocenters. The van der Waals surface area contributed by atoms with Gasteiger partial charge >= 0.3 is 0 Å². The van der Waals surface area contributed by atoms with E-state index in [1.165, 1.54) is 16.7 Å². The molecular formula is C55H38N4. The first-order valence-corrected chi connectivity index (χ1v) is 19.9. The van der Waals surface area contributed by atoms with Crippen molar-refractivity contribution in [2.45, 2.75) is 6.92 Å². The molecular weight excluding hydrogens is 717 g/mol. The van der Waals surface area contributed by atoms with Crippen LogP contribution in [0.25, 0.3) is 101 Å². The Morgan fingerprint density at radius 3 is 1.19 bits per heavy atom. The zero-order valence-electron chi connectivity index (χ0n) is 32.5. The molecule has 0 atom stereocenters. The topological polar surface area (TPSA) is 51.6 Å². The van der Waals surface area contributed by atoms with Gasteiger partial charge in [-0.1, -0.05) is 188 Å². The number of pyridine rings is 1.